The quantitative estimate of drug-likeness (QED) is 0.928. The Morgan fingerprint density at radius 2 is 2.05 bits per heavy atom. The third kappa shape index (κ3) is 4.52. The molecule has 4 nitrogen and oxygen atoms in total. The molecule has 0 bridgehead atoms. The van der Waals surface area contributed by atoms with Crippen LogP contribution in [-0.2, 0) is 9.53 Å². The summed E-state index contributed by atoms with van der Waals surface area (Å²) in [5.41, 5.74) is 0.452. The van der Waals surface area contributed by atoms with Gasteiger partial charge in [-0.2, -0.15) is 0 Å². The van der Waals surface area contributed by atoms with Crippen LogP contribution in [0.15, 0.2) is 24.3 Å². The van der Waals surface area contributed by atoms with E-state index < -0.39 is 5.41 Å². The molecule has 1 amide bonds. The van der Waals surface area contributed by atoms with E-state index >= 15 is 0 Å². The molecule has 1 aliphatic rings. The third-order valence-electron chi connectivity index (χ3n) is 3.86. The zero-order chi connectivity index (χ0) is 16.2. The lowest BCUT2D eigenvalue weighted by Crippen LogP contribution is -2.45. The molecule has 22 heavy (non-hydrogen) atoms. The molecule has 5 heteroatoms. The molecule has 0 radical (unpaired) electrons. The minimum Gasteiger partial charge on any atom is -0.379 e. The predicted octanol–water partition coefficient (Wildman–Crippen LogP) is 2.36. The molecule has 0 aliphatic carbocycles. The van der Waals surface area contributed by atoms with E-state index in [0.29, 0.717) is 19.8 Å². The molecule has 0 aromatic heterocycles. The average molecular weight is 308 g/mol. The van der Waals surface area contributed by atoms with Gasteiger partial charge in [-0.1, -0.05) is 32.9 Å². The topological polar surface area (TPSA) is 41.6 Å². The first-order valence-corrected chi connectivity index (χ1v) is 7.73. The van der Waals surface area contributed by atoms with Gasteiger partial charge in [-0.15, -0.1) is 0 Å². The molecule has 0 unspecified atom stereocenters. The monoisotopic (exact) mass is 308 g/mol. The molecule has 122 valence electrons. The first-order chi connectivity index (χ1) is 10.4. The van der Waals surface area contributed by atoms with E-state index in [1.165, 1.54) is 6.07 Å². The summed E-state index contributed by atoms with van der Waals surface area (Å²) in [5.74, 6) is -0.250. The second kappa shape index (κ2) is 7.20. The predicted molar refractivity (Wildman–Crippen MR) is 84.0 cm³/mol. The van der Waals surface area contributed by atoms with Gasteiger partial charge in [0.05, 0.1) is 19.3 Å². The Hall–Kier alpha value is -1.46. The first kappa shape index (κ1) is 16.9. The van der Waals surface area contributed by atoms with Crippen LogP contribution in [0.2, 0.25) is 0 Å². The summed E-state index contributed by atoms with van der Waals surface area (Å²) in [7, 11) is 0. The van der Waals surface area contributed by atoms with Gasteiger partial charge in [-0.3, -0.25) is 9.69 Å². The lowest BCUT2D eigenvalue weighted by atomic mass is 9.95. The fourth-order valence-electron chi connectivity index (χ4n) is 2.52. The number of amides is 1. The second-order valence-corrected chi connectivity index (χ2v) is 6.68. The van der Waals surface area contributed by atoms with E-state index in [0.717, 1.165) is 18.7 Å². The maximum atomic E-state index is 13.6. The standard InChI is InChI=1S/C17H25FN2O2/c1-17(2,3)16(21)19-12-15(20-7-9-22-10-8-20)13-5-4-6-14(18)11-13/h4-6,11,15H,7-10,12H2,1-3H3,(H,19,21)/t15-/m1/s1. The van der Waals surface area contributed by atoms with Crippen molar-refractivity contribution < 1.29 is 13.9 Å². The van der Waals surface area contributed by atoms with E-state index in [9.17, 15) is 9.18 Å². The van der Waals surface area contributed by atoms with E-state index in [4.69, 9.17) is 4.74 Å². The van der Waals surface area contributed by atoms with Gasteiger partial charge in [-0.05, 0) is 17.7 Å². The molecular formula is C17H25FN2O2. The van der Waals surface area contributed by atoms with Crippen LogP contribution in [0.4, 0.5) is 4.39 Å². The highest BCUT2D eigenvalue weighted by atomic mass is 19.1. The molecular weight excluding hydrogens is 283 g/mol. The van der Waals surface area contributed by atoms with E-state index in [-0.39, 0.29) is 17.8 Å². The van der Waals surface area contributed by atoms with Gasteiger partial charge in [0.15, 0.2) is 0 Å². The fraction of sp³-hybridized carbons (Fsp3) is 0.588. The number of nitrogens with zero attached hydrogens (tertiary/aromatic N) is 1. The van der Waals surface area contributed by atoms with Crippen LogP contribution in [-0.4, -0.2) is 43.7 Å². The van der Waals surface area contributed by atoms with Crippen molar-refractivity contribution in [1.82, 2.24) is 10.2 Å². The molecule has 1 atom stereocenters. The Balaban J connectivity index is 2.13. The summed E-state index contributed by atoms with van der Waals surface area (Å²) in [6.45, 7) is 9.02. The van der Waals surface area contributed by atoms with Crippen LogP contribution in [0.25, 0.3) is 0 Å². The van der Waals surface area contributed by atoms with Gasteiger partial charge >= 0.3 is 0 Å². The van der Waals surface area contributed by atoms with Gasteiger partial charge in [0, 0.05) is 25.0 Å². The van der Waals surface area contributed by atoms with Crippen LogP contribution < -0.4 is 5.32 Å². The van der Waals surface area contributed by atoms with E-state index in [1.807, 2.05) is 26.8 Å². The molecule has 1 aromatic carbocycles. The maximum Gasteiger partial charge on any atom is 0.225 e. The summed E-state index contributed by atoms with van der Waals surface area (Å²) < 4.78 is 18.9. The molecule has 1 aromatic rings. The minimum absolute atomic E-state index is 0.00200. The lowest BCUT2D eigenvalue weighted by Gasteiger charge is -2.35. The van der Waals surface area contributed by atoms with Gasteiger partial charge in [0.25, 0.3) is 0 Å². The largest absolute Gasteiger partial charge is 0.379 e. The van der Waals surface area contributed by atoms with Crippen molar-refractivity contribution >= 4 is 5.91 Å². The normalized spacial score (nSPS) is 18.0. The highest BCUT2D eigenvalue weighted by molar-refractivity contribution is 5.81. The van der Waals surface area contributed by atoms with E-state index in [1.54, 1.807) is 12.1 Å². The van der Waals surface area contributed by atoms with Crippen molar-refractivity contribution in [2.24, 2.45) is 5.41 Å². The Morgan fingerprint density at radius 3 is 2.64 bits per heavy atom. The summed E-state index contributed by atoms with van der Waals surface area (Å²) in [6.07, 6.45) is 0. The number of carbonyl (C=O) groups excluding carboxylic acids is 1. The summed E-state index contributed by atoms with van der Waals surface area (Å²) >= 11 is 0. The summed E-state index contributed by atoms with van der Waals surface area (Å²) in [6, 6.07) is 6.57. The van der Waals surface area contributed by atoms with Crippen molar-refractivity contribution in [3.63, 3.8) is 0 Å². The minimum atomic E-state index is -0.433. The van der Waals surface area contributed by atoms with Crippen LogP contribution in [0.3, 0.4) is 0 Å². The summed E-state index contributed by atoms with van der Waals surface area (Å²) in [5, 5.41) is 2.99. The molecule has 0 saturated carbocycles. The number of morpholine rings is 1. The third-order valence-corrected chi connectivity index (χ3v) is 3.86. The highest BCUT2D eigenvalue weighted by Crippen LogP contribution is 2.23. The highest BCUT2D eigenvalue weighted by Gasteiger charge is 2.26. The smallest absolute Gasteiger partial charge is 0.225 e. The molecule has 1 N–H and O–H groups in total. The van der Waals surface area contributed by atoms with Crippen molar-refractivity contribution in [1.29, 1.82) is 0 Å². The Morgan fingerprint density at radius 1 is 1.36 bits per heavy atom. The van der Waals surface area contributed by atoms with Gasteiger partial charge in [0.2, 0.25) is 5.91 Å². The van der Waals surface area contributed by atoms with E-state index in [2.05, 4.69) is 10.2 Å². The molecule has 0 spiro atoms. The molecule has 2 rings (SSSR count). The summed E-state index contributed by atoms with van der Waals surface area (Å²) in [4.78, 5) is 14.4. The first-order valence-electron chi connectivity index (χ1n) is 7.73. The van der Waals surface area contributed by atoms with Crippen LogP contribution in [0.1, 0.15) is 32.4 Å². The number of nitrogens with one attached hydrogen (secondary N) is 1. The molecule has 1 aliphatic heterocycles. The van der Waals surface area contributed by atoms with Crippen molar-refractivity contribution in [2.75, 3.05) is 32.8 Å². The van der Waals surface area contributed by atoms with Crippen LogP contribution >= 0.6 is 0 Å². The molecule has 1 heterocycles. The van der Waals surface area contributed by atoms with Gasteiger partial charge in [0.1, 0.15) is 5.82 Å². The van der Waals surface area contributed by atoms with Gasteiger partial charge in [-0.25, -0.2) is 4.39 Å². The average Bonchev–Trinajstić information content (AvgIpc) is 2.47. The number of hydrogen-bond acceptors (Lipinski definition) is 3. The van der Waals surface area contributed by atoms with Crippen LogP contribution in [0.5, 0.6) is 0 Å². The number of rotatable bonds is 4. The maximum absolute atomic E-state index is 13.6. The number of ether oxygens (including phenoxy) is 1. The van der Waals surface area contributed by atoms with Gasteiger partial charge < -0.3 is 10.1 Å². The Labute approximate surface area is 131 Å². The number of hydrogen-bond donors (Lipinski definition) is 1. The zero-order valence-electron chi connectivity index (χ0n) is 13.6. The number of carbonyl (C=O) groups is 1. The Bertz CT molecular complexity index is 508. The molecule has 1 saturated heterocycles. The van der Waals surface area contributed by atoms with Crippen molar-refractivity contribution in [3.05, 3.63) is 35.6 Å². The second-order valence-electron chi connectivity index (χ2n) is 6.68. The van der Waals surface area contributed by atoms with Crippen LogP contribution in [0, 0.1) is 11.2 Å². The molecule has 1 fully saturated rings. The zero-order valence-corrected chi connectivity index (χ0v) is 13.6. The van der Waals surface area contributed by atoms with Crippen molar-refractivity contribution in [3.8, 4) is 0 Å². The number of benzene rings is 1. The SMILES string of the molecule is CC(C)(C)C(=O)NC[C@H](c1cccc(F)c1)N1CCOCC1. The fourth-order valence-corrected chi connectivity index (χ4v) is 2.52. The van der Waals surface area contributed by atoms with Crippen molar-refractivity contribution in [2.45, 2.75) is 26.8 Å². The Kier molecular flexibility index (Phi) is 5.53. The number of halogens is 1. The lowest BCUT2D eigenvalue weighted by molar-refractivity contribution is -0.128.